The van der Waals surface area contributed by atoms with Crippen LogP contribution in [0.2, 0.25) is 0 Å². The lowest BCUT2D eigenvalue weighted by Crippen LogP contribution is -2.32. The molecule has 0 atom stereocenters. The zero-order chi connectivity index (χ0) is 13.0. The number of esters is 1. The van der Waals surface area contributed by atoms with Gasteiger partial charge in [-0.25, -0.2) is 4.79 Å². The van der Waals surface area contributed by atoms with Crippen LogP contribution in [0.3, 0.4) is 0 Å². The zero-order valence-electron chi connectivity index (χ0n) is 9.03. The van der Waals surface area contributed by atoms with Crippen molar-refractivity contribution in [2.75, 3.05) is 6.61 Å². The largest absolute Gasteiger partial charge is 0.492 e. The van der Waals surface area contributed by atoms with Crippen molar-refractivity contribution < 1.29 is 19.0 Å². The number of hydrogen-bond donors (Lipinski definition) is 2. The van der Waals surface area contributed by atoms with Crippen LogP contribution in [0, 0.1) is 5.82 Å². The molecule has 0 fully saturated rings. The summed E-state index contributed by atoms with van der Waals surface area (Å²) in [6, 6.07) is 0. The van der Waals surface area contributed by atoms with Crippen molar-refractivity contribution in [3.05, 3.63) is 26.7 Å². The number of aromatic hydroxyl groups is 1. The monoisotopic (exact) mass is 246 g/mol. The summed E-state index contributed by atoms with van der Waals surface area (Å²) < 4.78 is 18.1. The average molecular weight is 246 g/mol. The van der Waals surface area contributed by atoms with Gasteiger partial charge >= 0.3 is 11.7 Å². The van der Waals surface area contributed by atoms with E-state index in [1.807, 2.05) is 0 Å². The second-order valence-corrected chi connectivity index (χ2v) is 3.10. The maximum Gasteiger partial charge on any atom is 0.331 e. The second kappa shape index (κ2) is 5.28. The highest BCUT2D eigenvalue weighted by Gasteiger charge is 2.14. The first kappa shape index (κ1) is 12.9. The summed E-state index contributed by atoms with van der Waals surface area (Å²) in [6.07, 6.45) is -0.215. The third-order valence-corrected chi connectivity index (χ3v) is 1.96. The Labute approximate surface area is 94.5 Å². The summed E-state index contributed by atoms with van der Waals surface area (Å²) in [6.45, 7) is 1.51. The molecule has 1 heterocycles. The van der Waals surface area contributed by atoms with Crippen molar-refractivity contribution in [1.29, 1.82) is 0 Å². The summed E-state index contributed by atoms with van der Waals surface area (Å²) in [5.74, 6) is -3.15. The van der Waals surface area contributed by atoms with Crippen molar-refractivity contribution >= 4 is 5.97 Å². The van der Waals surface area contributed by atoms with Gasteiger partial charge in [-0.15, -0.1) is 0 Å². The minimum absolute atomic E-state index is 0.180. The van der Waals surface area contributed by atoms with E-state index in [-0.39, 0.29) is 19.6 Å². The van der Waals surface area contributed by atoms with Gasteiger partial charge in [0, 0.05) is 6.54 Å². The van der Waals surface area contributed by atoms with Crippen LogP contribution in [0.25, 0.3) is 0 Å². The summed E-state index contributed by atoms with van der Waals surface area (Å²) in [5, 5.41) is 9.22. The van der Waals surface area contributed by atoms with Crippen LogP contribution in [-0.2, 0) is 16.1 Å². The maximum absolute atomic E-state index is 13.0. The van der Waals surface area contributed by atoms with E-state index >= 15 is 0 Å². The predicted octanol–water partition coefficient (Wildman–Crippen LogP) is -0.666. The first-order valence-electron chi connectivity index (χ1n) is 4.84. The highest BCUT2D eigenvalue weighted by Crippen LogP contribution is 2.07. The summed E-state index contributed by atoms with van der Waals surface area (Å²) >= 11 is 0. The van der Waals surface area contributed by atoms with E-state index in [1.165, 1.54) is 0 Å². The molecule has 1 rings (SSSR count). The predicted molar refractivity (Wildman–Crippen MR) is 54.2 cm³/mol. The number of ether oxygens (including phenoxy) is 1. The molecule has 1 aromatic heterocycles. The fourth-order valence-corrected chi connectivity index (χ4v) is 1.18. The number of nitrogens with one attached hydrogen (secondary N) is 1. The van der Waals surface area contributed by atoms with Crippen molar-refractivity contribution in [2.24, 2.45) is 0 Å². The van der Waals surface area contributed by atoms with Gasteiger partial charge in [-0.2, -0.15) is 4.39 Å². The molecule has 0 bridgehead atoms. The van der Waals surface area contributed by atoms with Crippen LogP contribution in [0.4, 0.5) is 4.39 Å². The van der Waals surface area contributed by atoms with E-state index in [4.69, 9.17) is 0 Å². The molecule has 8 heteroatoms. The van der Waals surface area contributed by atoms with Gasteiger partial charge in [0.15, 0.2) is 0 Å². The van der Waals surface area contributed by atoms with Crippen LogP contribution < -0.4 is 11.2 Å². The van der Waals surface area contributed by atoms with Gasteiger partial charge < -0.3 is 9.84 Å². The molecule has 94 valence electrons. The van der Waals surface area contributed by atoms with Gasteiger partial charge in [-0.05, 0) is 6.92 Å². The Balaban J connectivity index is 2.93. The Hall–Kier alpha value is -2.12. The number of carbonyl (C=O) groups is 1. The summed E-state index contributed by atoms with van der Waals surface area (Å²) in [7, 11) is 0. The van der Waals surface area contributed by atoms with Crippen molar-refractivity contribution in [2.45, 2.75) is 19.9 Å². The molecule has 17 heavy (non-hydrogen) atoms. The number of aromatic nitrogens is 2. The molecule has 0 unspecified atom stereocenters. The SMILES string of the molecule is CCOC(=O)CCn1c(O)c(F)c(=O)[nH]c1=O. The van der Waals surface area contributed by atoms with Gasteiger partial charge in [-0.3, -0.25) is 19.1 Å². The fraction of sp³-hybridized carbons (Fsp3) is 0.444. The Morgan fingerprint density at radius 1 is 1.53 bits per heavy atom. The maximum atomic E-state index is 13.0. The second-order valence-electron chi connectivity index (χ2n) is 3.10. The average Bonchev–Trinajstić information content (AvgIpc) is 2.26. The Kier molecular flexibility index (Phi) is 4.02. The van der Waals surface area contributed by atoms with Crippen molar-refractivity contribution in [3.63, 3.8) is 0 Å². The molecule has 0 aliphatic carbocycles. The van der Waals surface area contributed by atoms with E-state index < -0.39 is 28.9 Å². The topological polar surface area (TPSA) is 101 Å². The molecule has 0 saturated carbocycles. The number of aromatic amines is 1. The number of nitrogens with zero attached hydrogens (tertiary/aromatic N) is 1. The lowest BCUT2D eigenvalue weighted by atomic mass is 10.4. The van der Waals surface area contributed by atoms with E-state index in [9.17, 15) is 23.9 Å². The van der Waals surface area contributed by atoms with Gasteiger partial charge in [0.05, 0.1) is 13.0 Å². The van der Waals surface area contributed by atoms with Gasteiger partial charge in [0.25, 0.3) is 5.56 Å². The minimum Gasteiger partial charge on any atom is -0.492 e. The molecule has 2 N–H and O–H groups in total. The Bertz CT molecular complexity index is 533. The molecule has 0 saturated heterocycles. The number of rotatable bonds is 4. The molecular weight excluding hydrogens is 235 g/mol. The summed E-state index contributed by atoms with van der Waals surface area (Å²) in [5.41, 5.74) is -2.29. The molecule has 0 radical (unpaired) electrons. The Morgan fingerprint density at radius 3 is 2.76 bits per heavy atom. The van der Waals surface area contributed by atoms with Crippen LogP contribution in [0.1, 0.15) is 13.3 Å². The number of carbonyl (C=O) groups excluding carboxylic acids is 1. The van der Waals surface area contributed by atoms with Gasteiger partial charge in [-0.1, -0.05) is 0 Å². The van der Waals surface area contributed by atoms with Crippen molar-refractivity contribution in [3.8, 4) is 5.88 Å². The van der Waals surface area contributed by atoms with Crippen LogP contribution in [-0.4, -0.2) is 27.2 Å². The highest BCUT2D eigenvalue weighted by atomic mass is 19.1. The molecule has 0 spiro atoms. The van der Waals surface area contributed by atoms with Gasteiger partial charge in [0.2, 0.25) is 11.7 Å². The minimum atomic E-state index is -1.46. The molecular formula is C9H11FN2O5. The quantitative estimate of drug-likeness (QED) is 0.686. The molecule has 0 aromatic carbocycles. The zero-order valence-corrected chi connectivity index (χ0v) is 9.03. The lowest BCUT2D eigenvalue weighted by molar-refractivity contribution is -0.143. The highest BCUT2D eigenvalue weighted by molar-refractivity contribution is 5.69. The number of hydrogen-bond acceptors (Lipinski definition) is 5. The van der Waals surface area contributed by atoms with Crippen LogP contribution in [0.5, 0.6) is 5.88 Å². The van der Waals surface area contributed by atoms with Crippen LogP contribution in [0.15, 0.2) is 9.59 Å². The number of halogens is 1. The normalized spacial score (nSPS) is 10.2. The van der Waals surface area contributed by atoms with E-state index in [0.717, 1.165) is 0 Å². The Morgan fingerprint density at radius 2 is 2.18 bits per heavy atom. The molecule has 7 nitrogen and oxygen atoms in total. The molecule has 0 aliphatic heterocycles. The van der Waals surface area contributed by atoms with E-state index in [1.54, 1.807) is 11.9 Å². The first-order valence-corrected chi connectivity index (χ1v) is 4.84. The molecule has 0 aliphatic rings. The third-order valence-electron chi connectivity index (χ3n) is 1.96. The van der Waals surface area contributed by atoms with Gasteiger partial charge in [0.1, 0.15) is 0 Å². The standard InChI is InChI=1S/C9H11FN2O5/c1-2-17-5(13)3-4-12-8(15)6(10)7(14)11-9(12)16/h15H,2-4H2,1H3,(H,11,14,16). The summed E-state index contributed by atoms with van der Waals surface area (Å²) in [4.78, 5) is 34.6. The fourth-order valence-electron chi connectivity index (χ4n) is 1.18. The smallest absolute Gasteiger partial charge is 0.331 e. The number of H-pyrrole nitrogens is 1. The molecule has 1 aromatic rings. The lowest BCUT2D eigenvalue weighted by Gasteiger charge is -2.07. The first-order chi connectivity index (χ1) is 7.97. The van der Waals surface area contributed by atoms with E-state index in [0.29, 0.717) is 4.57 Å². The third kappa shape index (κ3) is 2.92. The molecule has 0 amide bonds. The van der Waals surface area contributed by atoms with E-state index in [2.05, 4.69) is 4.74 Å². The van der Waals surface area contributed by atoms with Crippen LogP contribution >= 0.6 is 0 Å². The van der Waals surface area contributed by atoms with Crippen molar-refractivity contribution in [1.82, 2.24) is 9.55 Å².